The summed E-state index contributed by atoms with van der Waals surface area (Å²) in [6, 6.07) is 8.99. The normalized spacial score (nSPS) is 17.2. The van der Waals surface area contributed by atoms with E-state index in [1.54, 1.807) is 0 Å². The molecule has 6 nitrogen and oxygen atoms in total. The van der Waals surface area contributed by atoms with E-state index in [1.807, 2.05) is 19.0 Å². The van der Waals surface area contributed by atoms with Gasteiger partial charge in [-0.1, -0.05) is 18.2 Å². The first-order valence-corrected chi connectivity index (χ1v) is 7.57. The molecule has 0 saturated carbocycles. The molecule has 1 aromatic carbocycles. The highest BCUT2D eigenvalue weighted by molar-refractivity contribution is 5.56. The number of nitrogen functional groups attached to an aromatic ring is 1. The Kier molecular flexibility index (Phi) is 3.83. The molecule has 1 aromatic heterocycles. The number of aryl methyl sites for hydroxylation is 1. The number of rotatable bonds is 3. The van der Waals surface area contributed by atoms with Crippen LogP contribution in [0.4, 0.5) is 17.6 Å². The Balaban J connectivity index is 1.93. The summed E-state index contributed by atoms with van der Waals surface area (Å²) in [5, 5.41) is 0. The first-order chi connectivity index (χ1) is 10.5. The van der Waals surface area contributed by atoms with Gasteiger partial charge in [-0.2, -0.15) is 15.0 Å². The fourth-order valence-electron chi connectivity index (χ4n) is 2.85. The van der Waals surface area contributed by atoms with Crippen LogP contribution in [0.3, 0.4) is 0 Å². The molecule has 0 saturated heterocycles. The lowest BCUT2D eigenvalue weighted by Gasteiger charge is -2.36. The molecule has 22 heavy (non-hydrogen) atoms. The maximum absolute atomic E-state index is 5.82. The molecular formula is C16H22N6. The first kappa shape index (κ1) is 14.6. The van der Waals surface area contributed by atoms with Gasteiger partial charge in [0.1, 0.15) is 0 Å². The third kappa shape index (κ3) is 2.81. The molecule has 0 radical (unpaired) electrons. The van der Waals surface area contributed by atoms with Crippen LogP contribution in [0, 0.1) is 0 Å². The third-order valence-electron chi connectivity index (χ3n) is 4.06. The Bertz CT molecular complexity index is 669. The molecule has 0 spiro atoms. The molecule has 2 aromatic rings. The van der Waals surface area contributed by atoms with Crippen LogP contribution in [-0.2, 0) is 13.0 Å². The Labute approximate surface area is 131 Å². The maximum Gasteiger partial charge on any atom is 0.229 e. The molecule has 6 heteroatoms. The molecule has 2 N–H and O–H groups in total. The average Bonchev–Trinajstić information content (AvgIpc) is 2.49. The smallest absolute Gasteiger partial charge is 0.229 e. The lowest BCUT2D eigenvalue weighted by Crippen LogP contribution is -2.37. The van der Waals surface area contributed by atoms with Crippen LogP contribution in [0.25, 0.3) is 0 Å². The van der Waals surface area contributed by atoms with Crippen LogP contribution in [0.15, 0.2) is 24.3 Å². The maximum atomic E-state index is 5.82. The second-order valence-electron chi connectivity index (χ2n) is 5.95. The van der Waals surface area contributed by atoms with Crippen molar-refractivity contribution in [3.05, 3.63) is 35.7 Å². The summed E-state index contributed by atoms with van der Waals surface area (Å²) >= 11 is 0. The molecule has 1 aliphatic heterocycles. The zero-order chi connectivity index (χ0) is 15.7. The summed E-state index contributed by atoms with van der Waals surface area (Å²) in [7, 11) is 3.80. The van der Waals surface area contributed by atoms with Crippen molar-refractivity contribution < 1.29 is 0 Å². The lowest BCUT2D eigenvalue weighted by atomic mass is 9.97. The third-order valence-corrected chi connectivity index (χ3v) is 4.06. The molecule has 1 atom stereocenters. The molecular weight excluding hydrogens is 276 g/mol. The van der Waals surface area contributed by atoms with Crippen LogP contribution < -0.4 is 15.5 Å². The molecule has 2 heterocycles. The van der Waals surface area contributed by atoms with Crippen LogP contribution >= 0.6 is 0 Å². The predicted octanol–water partition coefficient (Wildman–Crippen LogP) is 1.86. The highest BCUT2D eigenvalue weighted by Gasteiger charge is 2.24. The van der Waals surface area contributed by atoms with Crippen LogP contribution in [0.2, 0.25) is 0 Å². The van der Waals surface area contributed by atoms with Gasteiger partial charge in [-0.05, 0) is 31.4 Å². The van der Waals surface area contributed by atoms with Crippen molar-refractivity contribution in [2.75, 3.05) is 29.6 Å². The minimum atomic E-state index is 0.270. The number of aromatic nitrogens is 3. The first-order valence-electron chi connectivity index (χ1n) is 7.57. The van der Waals surface area contributed by atoms with Gasteiger partial charge in [0.15, 0.2) is 5.82 Å². The molecule has 0 bridgehead atoms. The largest absolute Gasteiger partial charge is 0.368 e. The van der Waals surface area contributed by atoms with E-state index in [1.165, 1.54) is 11.3 Å². The number of nitrogens with zero attached hydrogens (tertiary/aromatic N) is 5. The van der Waals surface area contributed by atoms with Crippen molar-refractivity contribution >= 4 is 17.6 Å². The zero-order valence-electron chi connectivity index (χ0n) is 13.3. The average molecular weight is 298 g/mol. The fourth-order valence-corrected chi connectivity index (χ4v) is 2.85. The fraction of sp³-hybridized carbons (Fsp3) is 0.438. The van der Waals surface area contributed by atoms with Gasteiger partial charge in [-0.15, -0.1) is 0 Å². The van der Waals surface area contributed by atoms with Crippen molar-refractivity contribution in [2.45, 2.75) is 32.4 Å². The van der Waals surface area contributed by atoms with E-state index in [0.717, 1.165) is 12.8 Å². The Morgan fingerprint density at radius 3 is 2.77 bits per heavy atom. The molecule has 1 unspecified atom stereocenters. The number of benzene rings is 1. The van der Waals surface area contributed by atoms with Gasteiger partial charge in [-0.25, -0.2) is 0 Å². The van der Waals surface area contributed by atoms with E-state index >= 15 is 0 Å². The number of hydrogen-bond acceptors (Lipinski definition) is 6. The monoisotopic (exact) mass is 298 g/mol. The van der Waals surface area contributed by atoms with Crippen molar-refractivity contribution in [3.8, 4) is 0 Å². The second-order valence-corrected chi connectivity index (χ2v) is 5.95. The van der Waals surface area contributed by atoms with Gasteiger partial charge in [-0.3, -0.25) is 0 Å². The lowest BCUT2D eigenvalue weighted by molar-refractivity contribution is 0.551. The van der Waals surface area contributed by atoms with Crippen molar-refractivity contribution in [1.82, 2.24) is 15.0 Å². The summed E-state index contributed by atoms with van der Waals surface area (Å²) in [6.45, 7) is 2.89. The number of para-hydroxylation sites is 1. The Hall–Kier alpha value is -2.37. The predicted molar refractivity (Wildman–Crippen MR) is 89.0 cm³/mol. The van der Waals surface area contributed by atoms with E-state index in [4.69, 9.17) is 5.73 Å². The van der Waals surface area contributed by atoms with Gasteiger partial charge in [0.25, 0.3) is 0 Å². The number of anilines is 3. The Morgan fingerprint density at radius 2 is 2.00 bits per heavy atom. The molecule has 0 amide bonds. The highest BCUT2D eigenvalue weighted by atomic mass is 15.3. The van der Waals surface area contributed by atoms with Gasteiger partial charge in [0, 0.05) is 25.8 Å². The standard InChI is InChI=1S/C16H22N6/c1-11-8-9-12-6-4-5-7-13(12)22(11)10-14-18-15(17)20-16(19-14)21(2)3/h4-7,11H,8-10H2,1-3H3,(H2,17,18,19,20). The van der Waals surface area contributed by atoms with Gasteiger partial charge in [0.2, 0.25) is 11.9 Å². The molecule has 1 aliphatic rings. The molecule has 0 fully saturated rings. The van der Waals surface area contributed by atoms with Crippen LogP contribution in [-0.4, -0.2) is 35.1 Å². The van der Waals surface area contributed by atoms with E-state index < -0.39 is 0 Å². The number of hydrogen-bond donors (Lipinski definition) is 1. The second kappa shape index (κ2) is 5.79. The minimum absolute atomic E-state index is 0.270. The van der Waals surface area contributed by atoms with E-state index in [0.29, 0.717) is 24.4 Å². The van der Waals surface area contributed by atoms with Gasteiger partial charge >= 0.3 is 0 Å². The summed E-state index contributed by atoms with van der Waals surface area (Å²) < 4.78 is 0. The summed E-state index contributed by atoms with van der Waals surface area (Å²) in [6.07, 6.45) is 2.26. The minimum Gasteiger partial charge on any atom is -0.368 e. The van der Waals surface area contributed by atoms with E-state index in [-0.39, 0.29) is 5.95 Å². The molecule has 3 rings (SSSR count). The van der Waals surface area contributed by atoms with E-state index in [9.17, 15) is 0 Å². The van der Waals surface area contributed by atoms with Gasteiger partial charge < -0.3 is 15.5 Å². The number of nitrogens with two attached hydrogens (primary N) is 1. The van der Waals surface area contributed by atoms with Crippen molar-refractivity contribution in [1.29, 1.82) is 0 Å². The number of fused-ring (bicyclic) bond motifs is 1. The summed E-state index contributed by atoms with van der Waals surface area (Å²) in [5.74, 6) is 1.58. The topological polar surface area (TPSA) is 71.2 Å². The van der Waals surface area contributed by atoms with Crippen molar-refractivity contribution in [3.63, 3.8) is 0 Å². The summed E-state index contributed by atoms with van der Waals surface area (Å²) in [5.41, 5.74) is 8.48. The molecule has 116 valence electrons. The van der Waals surface area contributed by atoms with Crippen LogP contribution in [0.5, 0.6) is 0 Å². The van der Waals surface area contributed by atoms with E-state index in [2.05, 4.69) is 51.0 Å². The quantitative estimate of drug-likeness (QED) is 0.932. The summed E-state index contributed by atoms with van der Waals surface area (Å²) in [4.78, 5) is 17.2. The Morgan fingerprint density at radius 1 is 1.23 bits per heavy atom. The van der Waals surface area contributed by atoms with Crippen molar-refractivity contribution in [2.24, 2.45) is 0 Å². The highest BCUT2D eigenvalue weighted by Crippen LogP contribution is 2.31. The SMILES string of the molecule is CC1CCc2ccccc2N1Cc1nc(N)nc(N(C)C)n1. The zero-order valence-corrected chi connectivity index (χ0v) is 13.3. The van der Waals surface area contributed by atoms with Crippen LogP contribution in [0.1, 0.15) is 24.7 Å². The molecule has 0 aliphatic carbocycles. The van der Waals surface area contributed by atoms with Gasteiger partial charge in [0.05, 0.1) is 6.54 Å².